The number of phenolic OH excluding ortho intramolecular Hbond substituents is 2. The fourth-order valence-corrected chi connectivity index (χ4v) is 9.37. The van der Waals surface area contributed by atoms with Crippen molar-refractivity contribution in [2.75, 3.05) is 13.1 Å². The molecule has 0 unspecified atom stereocenters. The van der Waals surface area contributed by atoms with Crippen molar-refractivity contribution in [3.05, 3.63) is 59.7 Å². The van der Waals surface area contributed by atoms with Crippen molar-refractivity contribution < 1.29 is 103 Å². The van der Waals surface area contributed by atoms with E-state index >= 15 is 0 Å². The van der Waals surface area contributed by atoms with Gasteiger partial charge in [0.15, 0.2) is 0 Å². The second kappa shape index (κ2) is 44.0. The zero-order valence-corrected chi connectivity index (χ0v) is 56.6. The minimum Gasteiger partial charge on any atom is -0.508 e. The summed E-state index contributed by atoms with van der Waals surface area (Å²) in [7, 11) is 0. The third-order valence-electron chi connectivity index (χ3n) is 15.4. The van der Waals surface area contributed by atoms with E-state index in [4.69, 9.17) is 27.1 Å². The van der Waals surface area contributed by atoms with Crippen LogP contribution in [0.25, 0.3) is 0 Å². The van der Waals surface area contributed by atoms with Gasteiger partial charge in [0.25, 0.3) is 5.97 Å². The molecule has 0 heterocycles. The first-order chi connectivity index (χ1) is 45.8. The first kappa shape index (κ1) is 86.0. The third-order valence-corrected chi connectivity index (χ3v) is 15.4. The van der Waals surface area contributed by atoms with E-state index in [0.717, 1.165) is 6.92 Å². The Bertz CT molecular complexity index is 3040. The van der Waals surface area contributed by atoms with E-state index in [1.807, 2.05) is 0 Å². The van der Waals surface area contributed by atoms with Crippen LogP contribution in [0.15, 0.2) is 48.5 Å². The van der Waals surface area contributed by atoms with E-state index in [2.05, 4.69) is 53.2 Å². The molecule has 546 valence electrons. The predicted octanol–water partition coefficient (Wildman–Crippen LogP) is -2.00. The minimum absolute atomic E-state index is 0.0219. The van der Waals surface area contributed by atoms with Gasteiger partial charge >= 0.3 is 17.9 Å². The molecule has 0 aliphatic carbocycles. The van der Waals surface area contributed by atoms with E-state index in [0.29, 0.717) is 30.4 Å². The van der Waals surface area contributed by atoms with Crippen LogP contribution in [0.3, 0.4) is 0 Å². The number of carbonyl (C=O) groups is 15. The smallest absolute Gasteiger partial charge is 0.326 e. The number of carboxylic acid groups (broad SMARTS) is 4. The van der Waals surface area contributed by atoms with Crippen LogP contribution >= 0.6 is 0 Å². The van der Waals surface area contributed by atoms with E-state index in [-0.39, 0.29) is 43.7 Å². The molecule has 0 fully saturated rings. The molecule has 22 N–H and O–H groups in total. The summed E-state index contributed by atoms with van der Waals surface area (Å²) in [6.07, 6.45) is -2.30. The number of benzene rings is 2. The van der Waals surface area contributed by atoms with Crippen LogP contribution in [0, 0.1) is 23.7 Å². The molecule has 12 atom stereocenters. The molecule has 34 nitrogen and oxygen atoms in total. The van der Waals surface area contributed by atoms with Crippen LogP contribution in [0.2, 0.25) is 0 Å². The Hall–Kier alpha value is -9.99. The maximum absolute atomic E-state index is 14.2. The fraction of sp³-hybridized carbons (Fsp3) is 0.578. The average Bonchev–Trinajstić information content (AvgIpc) is 0.864. The monoisotopic (exact) mass is 1390 g/mol. The van der Waals surface area contributed by atoms with Crippen LogP contribution in [-0.2, 0) is 84.8 Å². The van der Waals surface area contributed by atoms with Crippen molar-refractivity contribution >= 4 is 88.9 Å². The summed E-state index contributed by atoms with van der Waals surface area (Å²) in [5, 5.41) is 80.7. The van der Waals surface area contributed by atoms with Gasteiger partial charge in [-0.1, -0.05) is 92.5 Å². The Morgan fingerprint density at radius 3 is 1.21 bits per heavy atom. The van der Waals surface area contributed by atoms with Crippen LogP contribution in [0.5, 0.6) is 11.5 Å². The lowest BCUT2D eigenvalue weighted by molar-refractivity contribution is -0.144. The molecular weight excluding hydrogens is 1290 g/mol. The summed E-state index contributed by atoms with van der Waals surface area (Å²) in [6, 6.07) is -3.59. The summed E-state index contributed by atoms with van der Waals surface area (Å²) in [4.78, 5) is 196. The normalized spacial score (nSPS) is 14.6. The third kappa shape index (κ3) is 32.6. The number of rotatable bonds is 43. The maximum atomic E-state index is 14.2. The average molecular weight is 1390 g/mol. The molecule has 0 aromatic heterocycles. The van der Waals surface area contributed by atoms with Crippen molar-refractivity contribution in [2.45, 2.75) is 200 Å². The Morgan fingerprint density at radius 2 is 0.806 bits per heavy atom. The second-order valence-corrected chi connectivity index (χ2v) is 24.3. The van der Waals surface area contributed by atoms with Crippen molar-refractivity contribution in [1.29, 1.82) is 0 Å². The van der Waals surface area contributed by atoms with E-state index in [9.17, 15) is 92.7 Å². The number of hydrogen-bond acceptors (Lipinski definition) is 19. The van der Waals surface area contributed by atoms with Gasteiger partial charge in [0.2, 0.25) is 65.0 Å². The van der Waals surface area contributed by atoms with Gasteiger partial charge in [0, 0.05) is 26.2 Å². The van der Waals surface area contributed by atoms with E-state index in [1.54, 1.807) is 41.5 Å². The predicted molar refractivity (Wildman–Crippen MR) is 352 cm³/mol. The highest BCUT2D eigenvalue weighted by Gasteiger charge is 2.38. The standard InChI is InChI=1S/C62H95N13O19.C2H4O2/c1-9-33(7)51(61(92)69-41(22-24-47(80)81)55(86)67-42(23-25-48(82)83)57(88)73-49(31(3)4)59(90)68-40(13-11-12-26-63)56(87)75-52(62(93)94)34(8)10-2)72-46(79)30-66-54(85)43(28-36-16-20-38(77)21-17-36)71-60(91)50(32(5)6)74-58(89)44(29-45(65)78)70-53(84)39(64)27-35-14-18-37(76)19-15-35;1-2(3)4/h14-21,31-34,39-44,49-52,76-77H,9-13,22-30,63-64H2,1-8H3,(H2,65,78)(H,66,85)(H,67,86)(H,68,90)(H,69,92)(H,70,84)(H,71,91)(H,72,79)(H,73,88)(H,74,89)(H,75,87)(H,80,81)(H,82,83)(H,93,94);1H3,(H,3,4)/t33-,34-,39-,40-,41-,42-,43-,44-,49-,50-,51-,52-;/m0./s1. The number of amides is 11. The lowest BCUT2D eigenvalue weighted by Gasteiger charge is -2.29. The molecular formula is C64H99N13O21. The molecule has 0 bridgehead atoms. The van der Waals surface area contributed by atoms with Gasteiger partial charge < -0.3 is 101 Å². The molecule has 11 amide bonds. The quantitative estimate of drug-likeness (QED) is 0.0319. The van der Waals surface area contributed by atoms with Gasteiger partial charge in [-0.3, -0.25) is 67.1 Å². The van der Waals surface area contributed by atoms with Crippen molar-refractivity contribution in [1.82, 2.24) is 53.2 Å². The second-order valence-electron chi connectivity index (χ2n) is 24.3. The summed E-state index contributed by atoms with van der Waals surface area (Å²) in [6.45, 7) is 13.2. The number of primary amides is 1. The SMILES string of the molecule is CC(=O)O.CC[C@H](C)[C@H](NC(=O)[C@H](CCCCN)NC(=O)[C@@H](NC(=O)[C@H](CCC(=O)O)NC(=O)[C@H](CCC(=O)O)NC(=O)[C@@H](NC(=O)CNC(=O)[C@H](Cc1ccc(O)cc1)NC(=O)[C@@H](NC(=O)[C@H](CC(N)=O)NC(=O)[C@@H](N)Cc1ccc(O)cc1)C(C)C)[C@@H](C)CC)C(C)C)C(=O)O. The molecule has 0 aliphatic rings. The zero-order valence-electron chi connectivity index (χ0n) is 56.6. The highest BCUT2D eigenvalue weighted by Crippen LogP contribution is 2.17. The van der Waals surface area contributed by atoms with Gasteiger partial charge in [-0.2, -0.15) is 0 Å². The Kier molecular flexibility index (Phi) is 38.6. The number of carbonyl (C=O) groups excluding carboxylic acids is 11. The minimum atomic E-state index is -1.77. The van der Waals surface area contributed by atoms with Gasteiger partial charge in [-0.05, 0) is 104 Å². The van der Waals surface area contributed by atoms with Gasteiger partial charge in [-0.15, -0.1) is 0 Å². The summed E-state index contributed by atoms with van der Waals surface area (Å²) >= 11 is 0. The zero-order chi connectivity index (χ0) is 74.7. The first-order valence-corrected chi connectivity index (χ1v) is 32.0. The fourth-order valence-electron chi connectivity index (χ4n) is 9.37. The van der Waals surface area contributed by atoms with Crippen LogP contribution in [0.4, 0.5) is 0 Å². The molecule has 0 aliphatic heterocycles. The number of unbranched alkanes of at least 4 members (excludes halogenated alkanes) is 1. The molecule has 2 aromatic rings. The topological polar surface area (TPSA) is 576 Å². The van der Waals surface area contributed by atoms with E-state index < -0.39 is 212 Å². The highest BCUT2D eigenvalue weighted by molar-refractivity contribution is 5.99. The summed E-state index contributed by atoms with van der Waals surface area (Å²) in [5.74, 6) is -18.6. The van der Waals surface area contributed by atoms with Crippen molar-refractivity contribution in [3.63, 3.8) is 0 Å². The van der Waals surface area contributed by atoms with Crippen molar-refractivity contribution in [2.24, 2.45) is 40.9 Å². The summed E-state index contributed by atoms with van der Waals surface area (Å²) in [5.41, 5.74) is 18.1. The number of hydrogen-bond donors (Lipinski definition) is 19. The lowest BCUT2D eigenvalue weighted by atomic mass is 9.97. The molecule has 2 rings (SSSR count). The molecule has 34 heteroatoms. The first-order valence-electron chi connectivity index (χ1n) is 32.0. The maximum Gasteiger partial charge on any atom is 0.326 e. The number of carboxylic acids is 4. The molecule has 98 heavy (non-hydrogen) atoms. The van der Waals surface area contributed by atoms with Gasteiger partial charge in [0.05, 0.1) is 19.0 Å². The van der Waals surface area contributed by atoms with Crippen LogP contribution in [0.1, 0.15) is 138 Å². The number of phenols is 2. The Morgan fingerprint density at radius 1 is 0.439 bits per heavy atom. The highest BCUT2D eigenvalue weighted by atomic mass is 16.4. The Labute approximate surface area is 567 Å². The molecule has 0 saturated heterocycles. The largest absolute Gasteiger partial charge is 0.508 e. The molecule has 2 aromatic carbocycles. The summed E-state index contributed by atoms with van der Waals surface area (Å²) < 4.78 is 0. The van der Waals surface area contributed by atoms with Gasteiger partial charge in [0.1, 0.15) is 65.9 Å². The molecule has 0 saturated carbocycles. The molecule has 0 radical (unpaired) electrons. The van der Waals surface area contributed by atoms with Crippen molar-refractivity contribution in [3.8, 4) is 11.5 Å². The van der Waals surface area contributed by atoms with Crippen LogP contribution in [-0.4, -0.2) is 193 Å². The van der Waals surface area contributed by atoms with Crippen LogP contribution < -0.4 is 70.4 Å². The Balaban J connectivity index is 0.0000117. The van der Waals surface area contributed by atoms with Gasteiger partial charge in [-0.25, -0.2) is 4.79 Å². The number of nitrogens with one attached hydrogen (secondary N) is 10. The molecule has 0 spiro atoms. The lowest BCUT2D eigenvalue weighted by Crippen LogP contribution is -2.61. The van der Waals surface area contributed by atoms with E-state index in [1.165, 1.54) is 62.4 Å². The number of aliphatic carboxylic acids is 4. The number of nitrogens with two attached hydrogens (primary N) is 3. The number of aromatic hydroxyl groups is 2.